The lowest BCUT2D eigenvalue weighted by molar-refractivity contribution is -0.0501. The van der Waals surface area contributed by atoms with Crippen molar-refractivity contribution in [3.8, 4) is 5.75 Å². The minimum atomic E-state index is -2.99. The maximum absolute atomic E-state index is 12.8. The second kappa shape index (κ2) is 6.34. The van der Waals surface area contributed by atoms with Crippen LogP contribution in [-0.4, -0.2) is 36.2 Å². The first kappa shape index (κ1) is 16.6. The van der Waals surface area contributed by atoms with Crippen LogP contribution in [0.2, 0.25) is 0 Å². The van der Waals surface area contributed by atoms with Crippen LogP contribution in [0.5, 0.6) is 5.75 Å². The number of fused-ring (bicyclic) bond motifs is 1. The number of carbonyl (C=O) groups excluding carboxylic acids is 1. The lowest BCUT2D eigenvalue weighted by atomic mass is 10.0. The molecule has 1 saturated carbocycles. The van der Waals surface area contributed by atoms with Gasteiger partial charge in [-0.3, -0.25) is 9.79 Å². The van der Waals surface area contributed by atoms with Gasteiger partial charge < -0.3 is 9.64 Å². The highest BCUT2D eigenvalue weighted by Crippen LogP contribution is 2.40. The number of hydrogen-bond donors (Lipinski definition) is 0. The van der Waals surface area contributed by atoms with E-state index < -0.39 is 6.61 Å². The van der Waals surface area contributed by atoms with Crippen LogP contribution in [0.3, 0.4) is 0 Å². The van der Waals surface area contributed by atoms with Gasteiger partial charge in [0, 0.05) is 25.2 Å². The molecule has 1 unspecified atom stereocenters. The van der Waals surface area contributed by atoms with Gasteiger partial charge in [0.1, 0.15) is 5.75 Å². The topological polar surface area (TPSA) is 41.9 Å². The Morgan fingerprint density at radius 3 is 2.71 bits per heavy atom. The molecule has 0 bridgehead atoms. The van der Waals surface area contributed by atoms with E-state index in [9.17, 15) is 13.6 Å². The fourth-order valence-corrected chi connectivity index (χ4v) is 3.28. The van der Waals surface area contributed by atoms with E-state index in [0.29, 0.717) is 29.3 Å². The second-order valence-corrected chi connectivity index (χ2v) is 6.21. The molecule has 1 aliphatic carbocycles. The van der Waals surface area contributed by atoms with Crippen LogP contribution >= 0.6 is 0 Å². The van der Waals surface area contributed by atoms with Crippen molar-refractivity contribution in [3.05, 3.63) is 41.5 Å². The van der Waals surface area contributed by atoms with E-state index in [0.717, 1.165) is 12.8 Å². The number of carbonyl (C=O) groups is 1. The molecular formula is C18H20F2N2O2. The van der Waals surface area contributed by atoms with Crippen LogP contribution in [0.25, 0.3) is 0 Å². The lowest BCUT2D eigenvalue weighted by Crippen LogP contribution is -2.34. The summed E-state index contributed by atoms with van der Waals surface area (Å²) >= 11 is 0. The van der Waals surface area contributed by atoms with E-state index in [1.54, 1.807) is 18.0 Å². The molecule has 128 valence electrons. The van der Waals surface area contributed by atoms with Gasteiger partial charge in [-0.15, -0.1) is 0 Å². The van der Waals surface area contributed by atoms with E-state index in [1.807, 2.05) is 13.0 Å². The molecule has 0 radical (unpaired) electrons. The van der Waals surface area contributed by atoms with Gasteiger partial charge in [-0.25, -0.2) is 0 Å². The SMILES string of the molecule is C=CC(=NC)c1cc2c(c(OC(F)F)c1)C(=O)N(C(C)C1CC1)C2. The summed E-state index contributed by atoms with van der Waals surface area (Å²) in [6.45, 7) is 3.12. The standard InChI is InChI=1S/C18H20F2N2O2/c1-4-14(21-3)12-7-13-9-22(10(2)11-5-6-11)17(23)16(13)15(8-12)24-18(19)20/h4,7-8,10-11,18H,1,5-6,9H2,2-3H3. The summed E-state index contributed by atoms with van der Waals surface area (Å²) in [5.74, 6) is 0.180. The molecule has 1 heterocycles. The van der Waals surface area contributed by atoms with E-state index in [2.05, 4.69) is 16.3 Å². The van der Waals surface area contributed by atoms with Crippen LogP contribution < -0.4 is 4.74 Å². The highest BCUT2D eigenvalue weighted by molar-refractivity contribution is 6.10. The smallest absolute Gasteiger partial charge is 0.387 e. The number of amides is 1. The lowest BCUT2D eigenvalue weighted by Gasteiger charge is -2.24. The third kappa shape index (κ3) is 2.92. The fraction of sp³-hybridized carbons (Fsp3) is 0.444. The molecule has 0 spiro atoms. The van der Waals surface area contributed by atoms with Gasteiger partial charge >= 0.3 is 6.61 Å². The Morgan fingerprint density at radius 1 is 1.46 bits per heavy atom. The summed E-state index contributed by atoms with van der Waals surface area (Å²) in [4.78, 5) is 18.6. The predicted molar refractivity (Wildman–Crippen MR) is 87.8 cm³/mol. The zero-order valence-corrected chi connectivity index (χ0v) is 13.8. The minimum absolute atomic E-state index is 0.0870. The zero-order valence-electron chi connectivity index (χ0n) is 13.8. The Morgan fingerprint density at radius 2 is 2.17 bits per heavy atom. The summed E-state index contributed by atoms with van der Waals surface area (Å²) in [5, 5.41) is 0. The number of rotatable bonds is 6. The molecule has 1 aliphatic heterocycles. The highest BCUT2D eigenvalue weighted by Gasteiger charge is 2.40. The molecule has 1 amide bonds. The largest absolute Gasteiger partial charge is 0.434 e. The molecule has 2 aliphatic rings. The van der Waals surface area contributed by atoms with Crippen molar-refractivity contribution in [2.75, 3.05) is 7.05 Å². The van der Waals surface area contributed by atoms with Crippen molar-refractivity contribution in [1.29, 1.82) is 0 Å². The van der Waals surface area contributed by atoms with E-state index >= 15 is 0 Å². The second-order valence-electron chi connectivity index (χ2n) is 6.21. The zero-order chi connectivity index (χ0) is 17.4. The predicted octanol–water partition coefficient (Wildman–Crippen LogP) is 3.65. The van der Waals surface area contributed by atoms with Crippen LogP contribution in [-0.2, 0) is 6.54 Å². The molecule has 4 nitrogen and oxygen atoms in total. The Bertz CT molecular complexity index is 711. The molecule has 0 N–H and O–H groups in total. The number of allylic oxidation sites excluding steroid dienone is 1. The fourth-order valence-electron chi connectivity index (χ4n) is 3.28. The Labute approximate surface area is 139 Å². The summed E-state index contributed by atoms with van der Waals surface area (Å²) in [6.07, 6.45) is 3.77. The van der Waals surface area contributed by atoms with Crippen molar-refractivity contribution in [3.63, 3.8) is 0 Å². The number of alkyl halides is 2. The summed E-state index contributed by atoms with van der Waals surface area (Å²) in [7, 11) is 1.60. The summed E-state index contributed by atoms with van der Waals surface area (Å²) in [6, 6.07) is 3.36. The van der Waals surface area contributed by atoms with E-state index in [1.165, 1.54) is 6.07 Å². The molecule has 1 aromatic rings. The number of ether oxygens (including phenoxy) is 1. The first-order valence-corrected chi connectivity index (χ1v) is 7.98. The number of nitrogens with zero attached hydrogens (tertiary/aromatic N) is 2. The molecule has 1 atom stereocenters. The van der Waals surface area contributed by atoms with Crippen molar-refractivity contribution in [2.24, 2.45) is 10.9 Å². The van der Waals surface area contributed by atoms with E-state index in [-0.39, 0.29) is 23.3 Å². The Hall–Kier alpha value is -2.24. The highest BCUT2D eigenvalue weighted by atomic mass is 19.3. The Balaban J connectivity index is 2.03. The van der Waals surface area contributed by atoms with Gasteiger partial charge in [-0.1, -0.05) is 6.58 Å². The van der Waals surface area contributed by atoms with Gasteiger partial charge in [0.15, 0.2) is 0 Å². The van der Waals surface area contributed by atoms with Gasteiger partial charge in [0.2, 0.25) is 0 Å². The molecule has 0 saturated heterocycles. The molecule has 1 aromatic carbocycles. The Kier molecular flexibility index (Phi) is 4.39. The first-order valence-electron chi connectivity index (χ1n) is 7.98. The third-order valence-electron chi connectivity index (χ3n) is 4.74. The molecule has 24 heavy (non-hydrogen) atoms. The van der Waals surface area contributed by atoms with Crippen LogP contribution in [0.4, 0.5) is 8.78 Å². The maximum Gasteiger partial charge on any atom is 0.387 e. The normalized spacial score (nSPS) is 18.8. The van der Waals surface area contributed by atoms with Gasteiger partial charge in [0.25, 0.3) is 5.91 Å². The molecule has 6 heteroatoms. The minimum Gasteiger partial charge on any atom is -0.434 e. The van der Waals surface area contributed by atoms with Crippen LogP contribution in [0.1, 0.15) is 41.3 Å². The van der Waals surface area contributed by atoms with E-state index in [4.69, 9.17) is 0 Å². The van der Waals surface area contributed by atoms with Gasteiger partial charge in [-0.05, 0) is 49.5 Å². The van der Waals surface area contributed by atoms with Crippen molar-refractivity contribution in [1.82, 2.24) is 4.90 Å². The number of aliphatic imine (C=N–C) groups is 1. The first-order chi connectivity index (χ1) is 11.5. The van der Waals surface area contributed by atoms with Gasteiger partial charge in [0.05, 0.1) is 11.3 Å². The summed E-state index contributed by atoms with van der Waals surface area (Å²) < 4.78 is 30.3. The van der Waals surface area contributed by atoms with Crippen molar-refractivity contribution >= 4 is 11.6 Å². The summed E-state index contributed by atoms with van der Waals surface area (Å²) in [5.41, 5.74) is 2.13. The average molecular weight is 334 g/mol. The molecular weight excluding hydrogens is 314 g/mol. The van der Waals surface area contributed by atoms with Crippen LogP contribution in [0, 0.1) is 5.92 Å². The number of halogens is 2. The van der Waals surface area contributed by atoms with Crippen LogP contribution in [0.15, 0.2) is 29.8 Å². The van der Waals surface area contributed by atoms with Crippen molar-refractivity contribution in [2.45, 2.75) is 39.0 Å². The molecule has 3 rings (SSSR count). The number of benzene rings is 1. The monoisotopic (exact) mass is 334 g/mol. The van der Waals surface area contributed by atoms with Gasteiger partial charge in [-0.2, -0.15) is 8.78 Å². The average Bonchev–Trinajstić information content (AvgIpc) is 3.32. The third-order valence-corrected chi connectivity index (χ3v) is 4.74. The molecule has 1 fully saturated rings. The molecule has 0 aromatic heterocycles. The quantitative estimate of drug-likeness (QED) is 0.745. The maximum atomic E-state index is 12.8. The van der Waals surface area contributed by atoms with Crippen molar-refractivity contribution < 1.29 is 18.3 Å². The number of hydrogen-bond acceptors (Lipinski definition) is 3.